The molecule has 0 aliphatic heterocycles. The highest BCUT2D eigenvalue weighted by molar-refractivity contribution is 6.30. The van der Waals surface area contributed by atoms with Gasteiger partial charge in [0.05, 0.1) is 5.69 Å². The molecular weight excluding hydrogens is 380 g/mol. The molecule has 28 heavy (non-hydrogen) atoms. The Morgan fingerprint density at radius 1 is 1.07 bits per heavy atom. The van der Waals surface area contributed by atoms with Gasteiger partial charge in [0.1, 0.15) is 5.56 Å². The predicted molar refractivity (Wildman–Crippen MR) is 106 cm³/mol. The summed E-state index contributed by atoms with van der Waals surface area (Å²) in [5.74, 6) is -0.769. The van der Waals surface area contributed by atoms with Crippen LogP contribution >= 0.6 is 11.6 Å². The highest BCUT2D eigenvalue weighted by atomic mass is 35.5. The van der Waals surface area contributed by atoms with Crippen molar-refractivity contribution in [3.05, 3.63) is 86.7 Å². The summed E-state index contributed by atoms with van der Waals surface area (Å²) in [6.45, 7) is 0.249. The van der Waals surface area contributed by atoms with Gasteiger partial charge in [-0.25, -0.2) is 5.10 Å². The summed E-state index contributed by atoms with van der Waals surface area (Å²) in [4.78, 5) is 36.3. The molecule has 0 fully saturated rings. The number of nitrogens with one attached hydrogen (secondary N) is 3. The zero-order valence-electron chi connectivity index (χ0n) is 15.0. The van der Waals surface area contributed by atoms with Crippen molar-refractivity contribution in [1.82, 2.24) is 20.8 Å². The number of benzene rings is 2. The number of hydrogen-bond acceptors (Lipinski definition) is 4. The maximum atomic E-state index is 12.5. The average Bonchev–Trinajstić information content (AvgIpc) is 2.73. The van der Waals surface area contributed by atoms with Gasteiger partial charge >= 0.3 is 0 Å². The molecule has 0 unspecified atom stereocenters. The van der Waals surface area contributed by atoms with Crippen molar-refractivity contribution in [2.24, 2.45) is 0 Å². The topological polar surface area (TPSA) is 104 Å². The SMILES string of the molecule is CNC(=O)c1cccc(-c2cc(C(=O)NCc3ccc(Cl)cc3)c(=O)[nH]n2)c1. The minimum absolute atomic E-state index is 0.0655. The normalized spacial score (nSPS) is 10.4. The predicted octanol–water partition coefficient (Wildman–Crippen LogP) is 2.38. The molecular formula is C20H17ClN4O3. The summed E-state index contributed by atoms with van der Waals surface area (Å²) in [5.41, 5.74) is 1.61. The smallest absolute Gasteiger partial charge is 0.277 e. The van der Waals surface area contributed by atoms with Gasteiger partial charge in [-0.2, -0.15) is 5.10 Å². The number of carbonyl (C=O) groups is 2. The van der Waals surface area contributed by atoms with Gasteiger partial charge in [-0.3, -0.25) is 14.4 Å². The first-order chi connectivity index (χ1) is 13.5. The van der Waals surface area contributed by atoms with Crippen LogP contribution in [0.4, 0.5) is 0 Å². The number of rotatable bonds is 5. The maximum Gasteiger partial charge on any atom is 0.277 e. The van der Waals surface area contributed by atoms with Crippen LogP contribution in [-0.4, -0.2) is 29.1 Å². The fraction of sp³-hybridized carbons (Fsp3) is 0.100. The summed E-state index contributed by atoms with van der Waals surface area (Å²) < 4.78 is 0. The molecule has 0 aliphatic carbocycles. The zero-order valence-corrected chi connectivity index (χ0v) is 15.7. The van der Waals surface area contributed by atoms with E-state index in [4.69, 9.17) is 11.6 Å². The van der Waals surface area contributed by atoms with Crippen LogP contribution in [0.1, 0.15) is 26.3 Å². The van der Waals surface area contributed by atoms with Crippen LogP contribution in [-0.2, 0) is 6.54 Å². The minimum atomic E-state index is -0.597. The van der Waals surface area contributed by atoms with E-state index in [1.165, 1.54) is 13.1 Å². The van der Waals surface area contributed by atoms with Crippen molar-refractivity contribution in [1.29, 1.82) is 0 Å². The van der Waals surface area contributed by atoms with Crippen LogP contribution in [0.15, 0.2) is 59.4 Å². The van der Waals surface area contributed by atoms with Gasteiger partial charge in [0.15, 0.2) is 0 Å². The largest absolute Gasteiger partial charge is 0.355 e. The molecule has 2 aromatic carbocycles. The third-order valence-electron chi connectivity index (χ3n) is 4.06. The lowest BCUT2D eigenvalue weighted by molar-refractivity contribution is 0.0945. The second-order valence-electron chi connectivity index (χ2n) is 5.97. The van der Waals surface area contributed by atoms with Gasteiger partial charge in [-0.1, -0.05) is 35.9 Å². The zero-order chi connectivity index (χ0) is 20.1. The Morgan fingerprint density at radius 3 is 2.54 bits per heavy atom. The molecule has 0 bridgehead atoms. The Kier molecular flexibility index (Phi) is 5.86. The van der Waals surface area contributed by atoms with Crippen LogP contribution in [0, 0.1) is 0 Å². The van der Waals surface area contributed by atoms with Gasteiger partial charge in [0.25, 0.3) is 17.4 Å². The monoisotopic (exact) mass is 396 g/mol. The van der Waals surface area contributed by atoms with E-state index in [2.05, 4.69) is 20.8 Å². The highest BCUT2D eigenvalue weighted by Crippen LogP contribution is 2.18. The fourth-order valence-corrected chi connectivity index (χ4v) is 2.69. The quantitative estimate of drug-likeness (QED) is 0.615. The van der Waals surface area contributed by atoms with Crippen molar-refractivity contribution in [2.75, 3.05) is 7.05 Å². The van der Waals surface area contributed by atoms with Crippen molar-refractivity contribution >= 4 is 23.4 Å². The maximum absolute atomic E-state index is 12.5. The molecule has 0 saturated carbocycles. The van der Waals surface area contributed by atoms with Gasteiger partial charge in [-0.05, 0) is 35.9 Å². The van der Waals surface area contributed by atoms with Gasteiger partial charge in [-0.15, -0.1) is 0 Å². The molecule has 1 heterocycles. The molecule has 0 atom stereocenters. The molecule has 142 valence electrons. The lowest BCUT2D eigenvalue weighted by Crippen LogP contribution is -2.29. The molecule has 2 amide bonds. The first kappa shape index (κ1) is 19.3. The summed E-state index contributed by atoms with van der Waals surface area (Å²) in [7, 11) is 1.54. The standard InChI is InChI=1S/C20H17ClN4O3/c1-22-18(26)14-4-2-3-13(9-14)17-10-16(20(28)25-24-17)19(27)23-11-12-5-7-15(21)8-6-12/h2-10H,11H2,1H3,(H,22,26)(H,23,27)(H,25,28). The number of aromatic nitrogens is 2. The van der Waals surface area contributed by atoms with Crippen LogP contribution in [0.25, 0.3) is 11.3 Å². The Balaban J connectivity index is 1.83. The lowest BCUT2D eigenvalue weighted by Gasteiger charge is -2.07. The number of H-pyrrole nitrogens is 1. The van der Waals surface area contributed by atoms with Crippen LogP contribution in [0.5, 0.6) is 0 Å². The van der Waals surface area contributed by atoms with Crippen LogP contribution < -0.4 is 16.2 Å². The Hall–Kier alpha value is -3.45. The van der Waals surface area contributed by atoms with Crippen molar-refractivity contribution < 1.29 is 9.59 Å². The van der Waals surface area contributed by atoms with E-state index < -0.39 is 11.5 Å². The van der Waals surface area contributed by atoms with Gasteiger partial charge in [0.2, 0.25) is 0 Å². The number of nitrogens with zero attached hydrogens (tertiary/aromatic N) is 1. The van der Waals surface area contributed by atoms with E-state index in [-0.39, 0.29) is 18.0 Å². The van der Waals surface area contributed by atoms with E-state index in [0.29, 0.717) is 21.8 Å². The second-order valence-corrected chi connectivity index (χ2v) is 6.40. The number of aromatic amines is 1. The summed E-state index contributed by atoms with van der Waals surface area (Å²) in [6, 6.07) is 15.2. The molecule has 3 aromatic rings. The molecule has 3 N–H and O–H groups in total. The molecule has 0 saturated heterocycles. The molecule has 8 heteroatoms. The Bertz CT molecular complexity index is 1080. The molecule has 0 aliphatic rings. The summed E-state index contributed by atoms with van der Waals surface area (Å²) in [5, 5.41) is 12.2. The molecule has 3 rings (SSSR count). The summed E-state index contributed by atoms with van der Waals surface area (Å²) in [6.07, 6.45) is 0. The van der Waals surface area contributed by atoms with E-state index in [0.717, 1.165) is 5.56 Å². The summed E-state index contributed by atoms with van der Waals surface area (Å²) >= 11 is 5.84. The van der Waals surface area contributed by atoms with Gasteiger partial charge in [0, 0.05) is 29.7 Å². The third kappa shape index (κ3) is 4.44. The number of hydrogen-bond donors (Lipinski definition) is 3. The highest BCUT2D eigenvalue weighted by Gasteiger charge is 2.14. The molecule has 0 spiro atoms. The van der Waals surface area contributed by atoms with Crippen molar-refractivity contribution in [2.45, 2.75) is 6.54 Å². The van der Waals surface area contributed by atoms with Crippen LogP contribution in [0.3, 0.4) is 0 Å². The van der Waals surface area contributed by atoms with E-state index >= 15 is 0 Å². The van der Waals surface area contributed by atoms with E-state index in [1.807, 2.05) is 0 Å². The number of amides is 2. The lowest BCUT2D eigenvalue weighted by atomic mass is 10.1. The third-order valence-corrected chi connectivity index (χ3v) is 4.31. The first-order valence-electron chi connectivity index (χ1n) is 8.43. The van der Waals surface area contributed by atoms with E-state index in [1.54, 1.807) is 48.5 Å². The molecule has 7 nitrogen and oxygen atoms in total. The fourth-order valence-electron chi connectivity index (χ4n) is 2.57. The number of halogens is 1. The molecule has 1 aromatic heterocycles. The Morgan fingerprint density at radius 2 is 1.82 bits per heavy atom. The van der Waals surface area contributed by atoms with Crippen molar-refractivity contribution in [3.8, 4) is 11.3 Å². The van der Waals surface area contributed by atoms with Crippen LogP contribution in [0.2, 0.25) is 5.02 Å². The Labute approximate surface area is 165 Å². The average molecular weight is 397 g/mol. The minimum Gasteiger partial charge on any atom is -0.355 e. The molecule has 0 radical (unpaired) electrons. The van der Waals surface area contributed by atoms with Gasteiger partial charge < -0.3 is 10.6 Å². The first-order valence-corrected chi connectivity index (χ1v) is 8.80. The second kappa shape index (κ2) is 8.49. The number of carbonyl (C=O) groups excluding carboxylic acids is 2. The van der Waals surface area contributed by atoms with E-state index in [9.17, 15) is 14.4 Å². The van der Waals surface area contributed by atoms with Crippen molar-refractivity contribution in [3.63, 3.8) is 0 Å².